The van der Waals surface area contributed by atoms with Crippen molar-refractivity contribution < 1.29 is 14.7 Å². The van der Waals surface area contributed by atoms with E-state index in [2.05, 4.69) is 30.8 Å². The highest BCUT2D eigenvalue weighted by molar-refractivity contribution is 7.98. The predicted molar refractivity (Wildman–Crippen MR) is 115 cm³/mol. The van der Waals surface area contributed by atoms with Crippen LogP contribution < -0.4 is 10.2 Å². The topological polar surface area (TPSA) is 126 Å². The lowest BCUT2D eigenvalue weighted by Crippen LogP contribution is -2.42. The standard InChI is InChI=1S/C20H23N7O3S/c1-31-15-4-2-13(3-5-15)16(12-19(28)29)21-20(30)14-8-10-26(11-9-14)18-7-6-17-22-24-25-27(17)23-18/h2-7,14,16H,8-12H2,1H3,(H,21,30)(H,28,29). The zero-order valence-corrected chi connectivity index (χ0v) is 17.8. The highest BCUT2D eigenvalue weighted by atomic mass is 32.2. The van der Waals surface area contributed by atoms with Gasteiger partial charge in [0.2, 0.25) is 5.91 Å². The summed E-state index contributed by atoms with van der Waals surface area (Å²) in [6, 6.07) is 10.8. The molecule has 0 aliphatic carbocycles. The van der Waals surface area contributed by atoms with Crippen LogP contribution in [0.5, 0.6) is 0 Å². The Morgan fingerprint density at radius 2 is 1.94 bits per heavy atom. The predicted octanol–water partition coefficient (Wildman–Crippen LogP) is 1.79. The minimum atomic E-state index is -0.946. The summed E-state index contributed by atoms with van der Waals surface area (Å²) in [5.74, 6) is -0.465. The first kappa shape index (κ1) is 21.0. The monoisotopic (exact) mass is 441 g/mol. The van der Waals surface area contributed by atoms with E-state index in [0.717, 1.165) is 16.3 Å². The molecule has 0 saturated carbocycles. The molecule has 1 saturated heterocycles. The van der Waals surface area contributed by atoms with E-state index in [1.165, 1.54) is 4.63 Å². The van der Waals surface area contributed by atoms with Crippen LogP contribution in [0.3, 0.4) is 0 Å². The third-order valence-corrected chi connectivity index (χ3v) is 6.20. The summed E-state index contributed by atoms with van der Waals surface area (Å²) >= 11 is 1.61. The number of nitrogens with one attached hydrogen (secondary N) is 1. The minimum Gasteiger partial charge on any atom is -0.481 e. The molecule has 10 nitrogen and oxygen atoms in total. The van der Waals surface area contributed by atoms with Gasteiger partial charge < -0.3 is 15.3 Å². The molecule has 1 amide bonds. The summed E-state index contributed by atoms with van der Waals surface area (Å²) in [7, 11) is 0. The number of carbonyl (C=O) groups excluding carboxylic acids is 1. The third-order valence-electron chi connectivity index (χ3n) is 5.46. The highest BCUT2D eigenvalue weighted by Crippen LogP contribution is 2.25. The van der Waals surface area contributed by atoms with E-state index >= 15 is 0 Å². The van der Waals surface area contributed by atoms with Gasteiger partial charge in [-0.3, -0.25) is 9.59 Å². The van der Waals surface area contributed by atoms with E-state index in [9.17, 15) is 14.7 Å². The lowest BCUT2D eigenvalue weighted by atomic mass is 9.94. The number of carboxylic acid groups (broad SMARTS) is 1. The van der Waals surface area contributed by atoms with Crippen LogP contribution in [0, 0.1) is 5.92 Å². The van der Waals surface area contributed by atoms with Crippen LogP contribution >= 0.6 is 11.8 Å². The number of rotatable bonds is 7. The molecule has 3 heterocycles. The maximum absolute atomic E-state index is 12.9. The molecule has 1 unspecified atom stereocenters. The molecule has 31 heavy (non-hydrogen) atoms. The largest absolute Gasteiger partial charge is 0.481 e. The maximum Gasteiger partial charge on any atom is 0.305 e. The van der Waals surface area contributed by atoms with Gasteiger partial charge in [0.1, 0.15) is 0 Å². The van der Waals surface area contributed by atoms with Crippen molar-refractivity contribution in [2.75, 3.05) is 24.2 Å². The van der Waals surface area contributed by atoms with E-state index in [-0.39, 0.29) is 18.2 Å². The molecule has 1 atom stereocenters. The fourth-order valence-corrected chi connectivity index (χ4v) is 4.14. The van der Waals surface area contributed by atoms with Crippen LogP contribution in [-0.4, -0.2) is 61.6 Å². The maximum atomic E-state index is 12.9. The van der Waals surface area contributed by atoms with Crippen molar-refractivity contribution in [2.45, 2.75) is 30.2 Å². The van der Waals surface area contributed by atoms with Crippen LogP contribution in [0.25, 0.3) is 5.65 Å². The van der Waals surface area contributed by atoms with Crippen molar-refractivity contribution in [3.63, 3.8) is 0 Å². The van der Waals surface area contributed by atoms with Crippen molar-refractivity contribution >= 4 is 35.1 Å². The average Bonchev–Trinajstić information content (AvgIpc) is 3.26. The molecular formula is C20H23N7O3S. The number of anilines is 1. The number of carbonyl (C=O) groups is 2. The van der Waals surface area contributed by atoms with Gasteiger partial charge in [0.05, 0.1) is 12.5 Å². The molecule has 0 radical (unpaired) electrons. The van der Waals surface area contributed by atoms with E-state index in [0.29, 0.717) is 31.6 Å². The summed E-state index contributed by atoms with van der Waals surface area (Å²) < 4.78 is 1.38. The zero-order valence-electron chi connectivity index (χ0n) is 17.0. The molecule has 3 aromatic rings. The van der Waals surface area contributed by atoms with Crippen LogP contribution in [0.15, 0.2) is 41.3 Å². The van der Waals surface area contributed by atoms with Gasteiger partial charge in [-0.05, 0) is 59.4 Å². The molecule has 2 N–H and O–H groups in total. The molecule has 1 aliphatic rings. The van der Waals surface area contributed by atoms with E-state index in [4.69, 9.17) is 0 Å². The van der Waals surface area contributed by atoms with Gasteiger partial charge in [-0.15, -0.1) is 26.6 Å². The van der Waals surface area contributed by atoms with Crippen LogP contribution in [-0.2, 0) is 9.59 Å². The molecule has 162 valence electrons. The second-order valence-electron chi connectivity index (χ2n) is 7.41. The number of hydrogen-bond donors (Lipinski definition) is 2. The first-order chi connectivity index (χ1) is 15.0. The number of tetrazole rings is 1. The number of carboxylic acids is 1. The number of nitrogens with zero attached hydrogens (tertiary/aromatic N) is 6. The summed E-state index contributed by atoms with van der Waals surface area (Å²) in [6.45, 7) is 1.34. The van der Waals surface area contributed by atoms with Crippen LogP contribution in [0.1, 0.15) is 30.9 Å². The van der Waals surface area contributed by atoms with Crippen molar-refractivity contribution in [1.29, 1.82) is 0 Å². The third kappa shape index (κ3) is 4.93. The van der Waals surface area contributed by atoms with E-state index in [1.807, 2.05) is 36.6 Å². The first-order valence-corrected chi connectivity index (χ1v) is 11.2. The molecular weight excluding hydrogens is 418 g/mol. The molecule has 1 aliphatic heterocycles. The van der Waals surface area contributed by atoms with Crippen molar-refractivity contribution in [3.05, 3.63) is 42.0 Å². The second kappa shape index (κ2) is 9.29. The van der Waals surface area contributed by atoms with E-state index < -0.39 is 12.0 Å². The van der Waals surface area contributed by atoms with Gasteiger partial charge in [-0.25, -0.2) is 0 Å². The lowest BCUT2D eigenvalue weighted by Gasteiger charge is -2.32. The number of piperidine rings is 1. The Balaban J connectivity index is 1.38. The number of amides is 1. The number of aliphatic carboxylic acids is 1. The smallest absolute Gasteiger partial charge is 0.305 e. The Labute approximate surface area is 183 Å². The number of thioether (sulfide) groups is 1. The highest BCUT2D eigenvalue weighted by Gasteiger charge is 2.28. The fraction of sp³-hybridized carbons (Fsp3) is 0.400. The molecule has 11 heteroatoms. The molecule has 1 fully saturated rings. The van der Waals surface area contributed by atoms with Gasteiger partial charge in [0.15, 0.2) is 11.5 Å². The Morgan fingerprint density at radius 1 is 1.19 bits per heavy atom. The van der Waals surface area contributed by atoms with Crippen LogP contribution in [0.2, 0.25) is 0 Å². The van der Waals surface area contributed by atoms with Crippen molar-refractivity contribution in [1.82, 2.24) is 30.6 Å². The Kier molecular flexibility index (Phi) is 6.31. The second-order valence-corrected chi connectivity index (χ2v) is 8.29. The minimum absolute atomic E-state index is 0.108. The van der Waals surface area contributed by atoms with Gasteiger partial charge in [-0.1, -0.05) is 12.1 Å². The van der Waals surface area contributed by atoms with Gasteiger partial charge in [0.25, 0.3) is 0 Å². The van der Waals surface area contributed by atoms with Gasteiger partial charge in [0, 0.05) is 23.9 Å². The van der Waals surface area contributed by atoms with E-state index in [1.54, 1.807) is 17.8 Å². The molecule has 4 rings (SSSR count). The molecule has 2 aromatic heterocycles. The van der Waals surface area contributed by atoms with Crippen molar-refractivity contribution in [2.24, 2.45) is 5.92 Å². The summed E-state index contributed by atoms with van der Waals surface area (Å²) in [6.07, 6.45) is 3.14. The Hall–Kier alpha value is -3.21. The SMILES string of the molecule is CSc1ccc(C(CC(=O)O)NC(=O)C2CCN(c3ccc4nnnn4n3)CC2)cc1. The number of hydrogen-bond acceptors (Lipinski definition) is 8. The summed E-state index contributed by atoms with van der Waals surface area (Å²) in [5, 5.41) is 27.9. The number of fused-ring (bicyclic) bond motifs is 1. The van der Waals surface area contributed by atoms with Gasteiger partial charge in [-0.2, -0.15) is 0 Å². The quantitative estimate of drug-likeness (QED) is 0.528. The zero-order chi connectivity index (χ0) is 21.8. The lowest BCUT2D eigenvalue weighted by molar-refractivity contribution is -0.138. The normalized spacial score (nSPS) is 15.7. The first-order valence-electron chi connectivity index (χ1n) is 10.00. The Morgan fingerprint density at radius 3 is 2.61 bits per heavy atom. The fourth-order valence-electron chi connectivity index (χ4n) is 3.73. The molecule has 0 spiro atoms. The number of aromatic nitrogens is 5. The van der Waals surface area contributed by atoms with Crippen LogP contribution in [0.4, 0.5) is 5.82 Å². The Bertz CT molecular complexity index is 1060. The number of benzene rings is 1. The summed E-state index contributed by atoms with van der Waals surface area (Å²) in [4.78, 5) is 27.4. The molecule has 0 bridgehead atoms. The molecule has 1 aromatic carbocycles. The summed E-state index contributed by atoms with van der Waals surface area (Å²) in [5.41, 5.74) is 1.37. The van der Waals surface area contributed by atoms with Crippen molar-refractivity contribution in [3.8, 4) is 0 Å². The van der Waals surface area contributed by atoms with Gasteiger partial charge >= 0.3 is 5.97 Å². The average molecular weight is 442 g/mol.